The molecule has 0 radical (unpaired) electrons. The van der Waals surface area contributed by atoms with Gasteiger partial charge in [0.1, 0.15) is 0 Å². The Morgan fingerprint density at radius 1 is 1.50 bits per heavy atom. The molecule has 0 saturated carbocycles. The second-order valence-corrected chi connectivity index (χ2v) is 6.52. The molecule has 0 aliphatic rings. The van der Waals surface area contributed by atoms with E-state index in [4.69, 9.17) is 0 Å². The number of rotatable bonds is 6. The predicted octanol–water partition coefficient (Wildman–Crippen LogP) is 1.19. The summed E-state index contributed by atoms with van der Waals surface area (Å²) in [6, 6.07) is 0.289. The molecule has 1 rings (SSSR count). The first-order chi connectivity index (χ1) is 7.39. The van der Waals surface area contributed by atoms with E-state index in [0.29, 0.717) is 11.7 Å². The van der Waals surface area contributed by atoms with Gasteiger partial charge in [-0.05, 0) is 6.92 Å². The normalized spacial score (nSPS) is 12.0. The topological polar surface area (TPSA) is 71.1 Å². The minimum atomic E-state index is -3.28. The Balaban J connectivity index is 2.46. The van der Waals surface area contributed by atoms with Crippen LogP contribution >= 0.6 is 11.3 Å². The molecule has 0 spiro atoms. The fourth-order valence-corrected chi connectivity index (χ4v) is 2.97. The maximum atomic E-state index is 11.6. The molecule has 0 amide bonds. The van der Waals surface area contributed by atoms with Gasteiger partial charge in [-0.1, -0.05) is 13.8 Å². The number of aromatic nitrogens is 1. The summed E-state index contributed by atoms with van der Waals surface area (Å²) in [6.07, 6.45) is 0. The van der Waals surface area contributed by atoms with Crippen molar-refractivity contribution in [3.63, 3.8) is 0 Å². The van der Waals surface area contributed by atoms with Crippen LogP contribution < -0.4 is 10.0 Å². The Labute approximate surface area is 100 Å². The van der Waals surface area contributed by atoms with Crippen LogP contribution in [0.3, 0.4) is 0 Å². The summed E-state index contributed by atoms with van der Waals surface area (Å²) in [4.78, 5) is 4.05. The van der Waals surface area contributed by atoms with Gasteiger partial charge in [-0.25, -0.2) is 13.4 Å². The van der Waals surface area contributed by atoms with Gasteiger partial charge >= 0.3 is 0 Å². The van der Waals surface area contributed by atoms with E-state index in [-0.39, 0.29) is 11.8 Å². The van der Waals surface area contributed by atoms with Gasteiger partial charge in [0.2, 0.25) is 10.0 Å². The quantitative estimate of drug-likeness (QED) is 0.809. The molecule has 2 N–H and O–H groups in total. The summed E-state index contributed by atoms with van der Waals surface area (Å²) in [5.41, 5.74) is 0.822. The van der Waals surface area contributed by atoms with Crippen LogP contribution in [0, 0.1) is 6.92 Å². The summed E-state index contributed by atoms with van der Waals surface area (Å²) in [5.74, 6) is 0.0593. The number of aryl methyl sites for hydroxylation is 1. The van der Waals surface area contributed by atoms with E-state index in [9.17, 15) is 8.42 Å². The van der Waals surface area contributed by atoms with Gasteiger partial charge in [-0.15, -0.1) is 11.3 Å². The number of anilines is 1. The van der Waals surface area contributed by atoms with Crippen LogP contribution in [0.15, 0.2) is 5.38 Å². The maximum absolute atomic E-state index is 11.6. The van der Waals surface area contributed by atoms with Crippen molar-refractivity contribution in [3.8, 4) is 0 Å². The van der Waals surface area contributed by atoms with E-state index in [1.165, 1.54) is 11.3 Å². The SMILES string of the molecule is Cc1csc(NS(=O)(=O)CCNC(C)C)n1. The van der Waals surface area contributed by atoms with Gasteiger partial charge in [0.05, 0.1) is 11.4 Å². The van der Waals surface area contributed by atoms with Crippen molar-refractivity contribution in [2.24, 2.45) is 0 Å². The lowest BCUT2D eigenvalue weighted by Gasteiger charge is -2.08. The molecule has 92 valence electrons. The highest BCUT2D eigenvalue weighted by atomic mass is 32.2. The van der Waals surface area contributed by atoms with Crippen LogP contribution in [-0.4, -0.2) is 31.7 Å². The molecule has 0 aliphatic carbocycles. The summed E-state index contributed by atoms with van der Waals surface area (Å²) in [5, 5.41) is 5.30. The average Bonchev–Trinajstić information content (AvgIpc) is 2.48. The highest BCUT2D eigenvalue weighted by Crippen LogP contribution is 2.15. The van der Waals surface area contributed by atoms with Crippen LogP contribution in [0.1, 0.15) is 19.5 Å². The highest BCUT2D eigenvalue weighted by Gasteiger charge is 2.12. The van der Waals surface area contributed by atoms with Gasteiger partial charge in [0.25, 0.3) is 0 Å². The van der Waals surface area contributed by atoms with Crippen molar-refractivity contribution < 1.29 is 8.42 Å². The minimum Gasteiger partial charge on any atom is -0.313 e. The van der Waals surface area contributed by atoms with E-state index >= 15 is 0 Å². The number of nitrogens with zero attached hydrogens (tertiary/aromatic N) is 1. The largest absolute Gasteiger partial charge is 0.313 e. The molecule has 7 heteroatoms. The zero-order valence-electron chi connectivity index (χ0n) is 9.65. The smallest absolute Gasteiger partial charge is 0.235 e. The lowest BCUT2D eigenvalue weighted by atomic mass is 10.4. The fraction of sp³-hybridized carbons (Fsp3) is 0.667. The lowest BCUT2D eigenvalue weighted by molar-refractivity contribution is 0.582. The third-order valence-corrected chi connectivity index (χ3v) is 4.04. The van der Waals surface area contributed by atoms with Crippen molar-refractivity contribution in [1.82, 2.24) is 10.3 Å². The molecule has 16 heavy (non-hydrogen) atoms. The zero-order chi connectivity index (χ0) is 12.2. The van der Waals surface area contributed by atoms with Crippen LogP contribution in [-0.2, 0) is 10.0 Å². The van der Waals surface area contributed by atoms with Crippen LogP contribution in [0.25, 0.3) is 0 Å². The number of sulfonamides is 1. The Bertz CT molecular complexity index is 426. The third-order valence-electron chi connectivity index (χ3n) is 1.79. The van der Waals surface area contributed by atoms with Crippen molar-refractivity contribution in [2.75, 3.05) is 17.0 Å². The fourth-order valence-electron chi connectivity index (χ4n) is 1.07. The van der Waals surface area contributed by atoms with Gasteiger partial charge < -0.3 is 5.32 Å². The summed E-state index contributed by atoms with van der Waals surface area (Å²) in [6.45, 7) is 6.22. The molecule has 5 nitrogen and oxygen atoms in total. The average molecular weight is 263 g/mol. The summed E-state index contributed by atoms with van der Waals surface area (Å²) in [7, 11) is -3.28. The molecule has 1 aromatic heterocycles. The molecular formula is C9H17N3O2S2. The summed E-state index contributed by atoms with van der Waals surface area (Å²) >= 11 is 1.29. The molecule has 0 atom stereocenters. The highest BCUT2D eigenvalue weighted by molar-refractivity contribution is 7.92. The van der Waals surface area contributed by atoms with Crippen molar-refractivity contribution in [1.29, 1.82) is 0 Å². The molecule has 0 unspecified atom stereocenters. The number of hydrogen-bond donors (Lipinski definition) is 2. The third kappa shape index (κ3) is 4.91. The first-order valence-corrected chi connectivity index (χ1v) is 7.58. The molecule has 0 fully saturated rings. The number of thiazole rings is 1. The van der Waals surface area contributed by atoms with Crippen LogP contribution in [0.2, 0.25) is 0 Å². The van der Waals surface area contributed by atoms with Gasteiger partial charge in [-0.2, -0.15) is 0 Å². The van der Waals surface area contributed by atoms with Gasteiger partial charge in [0, 0.05) is 18.0 Å². The Hall–Kier alpha value is -0.660. The Morgan fingerprint density at radius 3 is 2.69 bits per heavy atom. The second kappa shape index (κ2) is 5.60. The first kappa shape index (κ1) is 13.4. The Morgan fingerprint density at radius 2 is 2.19 bits per heavy atom. The monoisotopic (exact) mass is 263 g/mol. The van der Waals surface area contributed by atoms with E-state index in [0.717, 1.165) is 5.69 Å². The van der Waals surface area contributed by atoms with E-state index in [2.05, 4.69) is 15.0 Å². The van der Waals surface area contributed by atoms with Crippen LogP contribution in [0.5, 0.6) is 0 Å². The first-order valence-electron chi connectivity index (χ1n) is 5.05. The van der Waals surface area contributed by atoms with E-state index < -0.39 is 10.0 Å². The maximum Gasteiger partial charge on any atom is 0.235 e. The van der Waals surface area contributed by atoms with Gasteiger partial charge in [-0.3, -0.25) is 4.72 Å². The van der Waals surface area contributed by atoms with Crippen LogP contribution in [0.4, 0.5) is 5.13 Å². The number of nitrogens with one attached hydrogen (secondary N) is 2. The second-order valence-electron chi connectivity index (χ2n) is 3.82. The Kier molecular flexibility index (Phi) is 4.69. The van der Waals surface area contributed by atoms with Crippen molar-refractivity contribution in [2.45, 2.75) is 26.8 Å². The number of hydrogen-bond acceptors (Lipinski definition) is 5. The molecule has 0 aliphatic heterocycles. The molecular weight excluding hydrogens is 246 g/mol. The summed E-state index contributed by atoms with van der Waals surface area (Å²) < 4.78 is 25.7. The van der Waals surface area contributed by atoms with E-state index in [1.54, 1.807) is 0 Å². The van der Waals surface area contributed by atoms with Gasteiger partial charge in [0.15, 0.2) is 5.13 Å². The molecule has 1 aromatic rings. The molecule has 1 heterocycles. The molecule has 0 aromatic carbocycles. The molecule has 0 bridgehead atoms. The van der Waals surface area contributed by atoms with Crippen molar-refractivity contribution >= 4 is 26.5 Å². The predicted molar refractivity (Wildman–Crippen MR) is 67.4 cm³/mol. The van der Waals surface area contributed by atoms with Crippen molar-refractivity contribution in [3.05, 3.63) is 11.1 Å². The molecule has 0 saturated heterocycles. The lowest BCUT2D eigenvalue weighted by Crippen LogP contribution is -2.30. The minimum absolute atomic E-state index is 0.0593. The zero-order valence-corrected chi connectivity index (χ0v) is 11.3. The van der Waals surface area contributed by atoms with E-state index in [1.807, 2.05) is 26.2 Å². The standard InChI is InChI=1S/C9H17N3O2S2/c1-7(2)10-4-5-16(13,14)12-9-11-8(3)6-15-9/h6-7,10H,4-5H2,1-3H3,(H,11,12).